The molecule has 2 fully saturated rings. The third-order valence-corrected chi connectivity index (χ3v) is 3.09. The Labute approximate surface area is 63.2 Å². The van der Waals surface area contributed by atoms with E-state index in [9.17, 15) is 0 Å². The summed E-state index contributed by atoms with van der Waals surface area (Å²) in [5, 5.41) is 3.61. The molecule has 10 heavy (non-hydrogen) atoms. The maximum atomic E-state index is 3.61. The maximum absolute atomic E-state index is 3.61. The van der Waals surface area contributed by atoms with Crippen LogP contribution in [0.2, 0.25) is 0 Å². The molecule has 0 aromatic heterocycles. The molecule has 0 bridgehead atoms. The van der Waals surface area contributed by atoms with Crippen molar-refractivity contribution in [1.29, 1.82) is 0 Å². The maximum Gasteiger partial charge on any atom is 0.00979 e. The molecule has 0 aromatic rings. The highest BCUT2D eigenvalue weighted by Crippen LogP contribution is 2.35. The summed E-state index contributed by atoms with van der Waals surface area (Å²) in [5.41, 5.74) is 0. The van der Waals surface area contributed by atoms with E-state index >= 15 is 0 Å². The minimum absolute atomic E-state index is 0.892. The van der Waals surface area contributed by atoms with Crippen molar-refractivity contribution in [2.24, 2.45) is 11.8 Å². The first-order valence-corrected chi connectivity index (χ1v) is 4.59. The van der Waals surface area contributed by atoms with E-state index in [0.29, 0.717) is 0 Å². The molecule has 1 saturated heterocycles. The summed E-state index contributed by atoms with van der Waals surface area (Å²) in [6.07, 6.45) is 5.82. The van der Waals surface area contributed by atoms with E-state index in [1.807, 2.05) is 0 Å². The number of piperidine rings is 1. The van der Waals surface area contributed by atoms with Gasteiger partial charge in [0.1, 0.15) is 0 Å². The SMILES string of the molecule is CC1CC2CCCN[C@@H]2C1. The highest BCUT2D eigenvalue weighted by Gasteiger charge is 2.32. The second-order valence-corrected chi connectivity index (χ2v) is 4.04. The fourth-order valence-corrected chi connectivity index (χ4v) is 2.62. The van der Waals surface area contributed by atoms with E-state index in [4.69, 9.17) is 0 Å². The minimum Gasteiger partial charge on any atom is -0.314 e. The Kier molecular flexibility index (Phi) is 1.69. The van der Waals surface area contributed by atoms with Gasteiger partial charge in [0.05, 0.1) is 0 Å². The van der Waals surface area contributed by atoms with Crippen LogP contribution in [0.25, 0.3) is 0 Å². The Morgan fingerprint density at radius 1 is 1.30 bits per heavy atom. The molecule has 2 aliphatic rings. The first-order chi connectivity index (χ1) is 4.86. The molecule has 1 nitrogen and oxygen atoms in total. The highest BCUT2D eigenvalue weighted by molar-refractivity contribution is 4.89. The summed E-state index contributed by atoms with van der Waals surface area (Å²) < 4.78 is 0. The quantitative estimate of drug-likeness (QED) is 0.539. The molecule has 1 saturated carbocycles. The normalized spacial score (nSPS) is 47.1. The van der Waals surface area contributed by atoms with Crippen LogP contribution in [-0.2, 0) is 0 Å². The van der Waals surface area contributed by atoms with E-state index in [2.05, 4.69) is 12.2 Å². The topological polar surface area (TPSA) is 12.0 Å². The van der Waals surface area contributed by atoms with Crippen molar-refractivity contribution in [3.63, 3.8) is 0 Å². The van der Waals surface area contributed by atoms with Crippen LogP contribution >= 0.6 is 0 Å². The average Bonchev–Trinajstić information content (AvgIpc) is 2.27. The number of fused-ring (bicyclic) bond motifs is 1. The molecule has 0 aromatic carbocycles. The van der Waals surface area contributed by atoms with Gasteiger partial charge in [0.25, 0.3) is 0 Å². The van der Waals surface area contributed by atoms with Crippen molar-refractivity contribution in [2.45, 2.75) is 38.6 Å². The fraction of sp³-hybridized carbons (Fsp3) is 1.00. The van der Waals surface area contributed by atoms with Crippen LogP contribution in [0.3, 0.4) is 0 Å². The van der Waals surface area contributed by atoms with Gasteiger partial charge in [-0.25, -0.2) is 0 Å². The smallest absolute Gasteiger partial charge is 0.00979 e. The number of hydrogen-bond donors (Lipinski definition) is 1. The average molecular weight is 139 g/mol. The predicted molar refractivity (Wildman–Crippen MR) is 42.9 cm³/mol. The van der Waals surface area contributed by atoms with Gasteiger partial charge in [-0.05, 0) is 44.1 Å². The van der Waals surface area contributed by atoms with E-state index in [1.165, 1.54) is 32.2 Å². The summed E-state index contributed by atoms with van der Waals surface area (Å²) in [7, 11) is 0. The molecule has 1 aliphatic carbocycles. The zero-order chi connectivity index (χ0) is 6.97. The molecule has 1 N–H and O–H groups in total. The van der Waals surface area contributed by atoms with Gasteiger partial charge in [0.2, 0.25) is 0 Å². The van der Waals surface area contributed by atoms with Crippen LogP contribution < -0.4 is 5.32 Å². The Balaban J connectivity index is 1.97. The first kappa shape index (κ1) is 6.66. The second kappa shape index (κ2) is 2.54. The van der Waals surface area contributed by atoms with Crippen molar-refractivity contribution in [3.8, 4) is 0 Å². The Morgan fingerprint density at radius 2 is 2.20 bits per heavy atom. The molecule has 2 rings (SSSR count). The predicted octanol–water partition coefficient (Wildman–Crippen LogP) is 1.78. The van der Waals surface area contributed by atoms with Crippen LogP contribution in [0.5, 0.6) is 0 Å². The summed E-state index contributed by atoms with van der Waals surface area (Å²) in [5.74, 6) is 2.02. The van der Waals surface area contributed by atoms with Crippen molar-refractivity contribution in [1.82, 2.24) is 5.32 Å². The van der Waals surface area contributed by atoms with Crippen molar-refractivity contribution in [2.75, 3.05) is 6.54 Å². The zero-order valence-corrected chi connectivity index (χ0v) is 6.77. The Hall–Kier alpha value is -0.0400. The van der Waals surface area contributed by atoms with E-state index in [-0.39, 0.29) is 0 Å². The lowest BCUT2D eigenvalue weighted by Crippen LogP contribution is -2.37. The molecule has 0 spiro atoms. The molecular weight excluding hydrogens is 122 g/mol. The van der Waals surface area contributed by atoms with Gasteiger partial charge in [0, 0.05) is 6.04 Å². The molecule has 0 radical (unpaired) electrons. The van der Waals surface area contributed by atoms with Gasteiger partial charge >= 0.3 is 0 Å². The van der Waals surface area contributed by atoms with Crippen LogP contribution in [-0.4, -0.2) is 12.6 Å². The van der Waals surface area contributed by atoms with Crippen molar-refractivity contribution in [3.05, 3.63) is 0 Å². The molecule has 1 heterocycles. The molecule has 0 amide bonds. The second-order valence-electron chi connectivity index (χ2n) is 4.04. The minimum atomic E-state index is 0.892. The molecule has 2 unspecified atom stereocenters. The lowest BCUT2D eigenvalue weighted by atomic mass is 9.94. The summed E-state index contributed by atoms with van der Waals surface area (Å²) in [6.45, 7) is 3.66. The summed E-state index contributed by atoms with van der Waals surface area (Å²) >= 11 is 0. The molecule has 1 aliphatic heterocycles. The lowest BCUT2D eigenvalue weighted by Gasteiger charge is -2.26. The molecule has 1 heteroatoms. The van der Waals surface area contributed by atoms with Gasteiger partial charge in [-0.3, -0.25) is 0 Å². The van der Waals surface area contributed by atoms with Gasteiger partial charge in [-0.15, -0.1) is 0 Å². The number of rotatable bonds is 0. The summed E-state index contributed by atoms with van der Waals surface area (Å²) in [6, 6.07) is 0.892. The Morgan fingerprint density at radius 3 is 3.00 bits per heavy atom. The van der Waals surface area contributed by atoms with Crippen molar-refractivity contribution < 1.29 is 0 Å². The van der Waals surface area contributed by atoms with Crippen LogP contribution in [0.15, 0.2) is 0 Å². The van der Waals surface area contributed by atoms with E-state index in [1.54, 1.807) is 0 Å². The fourth-order valence-electron chi connectivity index (χ4n) is 2.62. The van der Waals surface area contributed by atoms with Gasteiger partial charge in [0.15, 0.2) is 0 Å². The van der Waals surface area contributed by atoms with E-state index in [0.717, 1.165) is 17.9 Å². The zero-order valence-electron chi connectivity index (χ0n) is 6.77. The molecule has 3 atom stereocenters. The standard InChI is InChI=1S/C9H17N/c1-7-5-8-3-2-4-10-9(8)6-7/h7-10H,2-6H2,1H3/t7?,8?,9-/m1/s1. The van der Waals surface area contributed by atoms with Gasteiger partial charge in [-0.2, -0.15) is 0 Å². The molecular formula is C9H17N. The largest absolute Gasteiger partial charge is 0.314 e. The van der Waals surface area contributed by atoms with Gasteiger partial charge in [-0.1, -0.05) is 6.92 Å². The lowest BCUT2D eigenvalue weighted by molar-refractivity contribution is 0.318. The highest BCUT2D eigenvalue weighted by atomic mass is 14.9. The Bertz CT molecular complexity index is 108. The molecule has 58 valence electrons. The van der Waals surface area contributed by atoms with Crippen LogP contribution in [0.1, 0.15) is 32.6 Å². The van der Waals surface area contributed by atoms with Crippen LogP contribution in [0, 0.1) is 11.8 Å². The van der Waals surface area contributed by atoms with E-state index < -0.39 is 0 Å². The first-order valence-electron chi connectivity index (χ1n) is 4.59. The number of hydrogen-bond acceptors (Lipinski definition) is 1. The number of nitrogens with one attached hydrogen (secondary N) is 1. The third-order valence-electron chi connectivity index (χ3n) is 3.09. The van der Waals surface area contributed by atoms with Gasteiger partial charge < -0.3 is 5.32 Å². The summed E-state index contributed by atoms with van der Waals surface area (Å²) in [4.78, 5) is 0. The third kappa shape index (κ3) is 1.07. The monoisotopic (exact) mass is 139 g/mol. The van der Waals surface area contributed by atoms with Crippen molar-refractivity contribution >= 4 is 0 Å². The van der Waals surface area contributed by atoms with Crippen LogP contribution in [0.4, 0.5) is 0 Å².